The molecule has 1 aromatic carbocycles. The molecule has 4 heteroatoms. The molecule has 0 aliphatic heterocycles. The second kappa shape index (κ2) is 7.08. The Hall–Kier alpha value is -1.84. The maximum atomic E-state index is 12.6. The number of carbonyl (C=O) groups excluding carboxylic acids is 1. The molecule has 0 atom stereocenters. The average molecular weight is 277 g/mol. The minimum absolute atomic E-state index is 0.106. The van der Waals surface area contributed by atoms with Crippen molar-refractivity contribution in [2.75, 3.05) is 13.1 Å². The fourth-order valence-corrected chi connectivity index (χ4v) is 2.30. The lowest BCUT2D eigenvalue weighted by molar-refractivity contribution is -0.148. The molecule has 110 valence electrons. The molecule has 0 bridgehead atoms. The first kappa shape index (κ1) is 16.2. The highest BCUT2D eigenvalue weighted by molar-refractivity contribution is 5.85. The third-order valence-corrected chi connectivity index (χ3v) is 3.17. The lowest BCUT2D eigenvalue weighted by Crippen LogP contribution is -2.44. The van der Waals surface area contributed by atoms with E-state index in [1.54, 1.807) is 0 Å². The number of hydrogen-bond donors (Lipinski definition) is 1. The molecule has 1 amide bonds. The summed E-state index contributed by atoms with van der Waals surface area (Å²) in [6, 6.07) is 9.78. The largest absolute Gasteiger partial charge is 0.480 e. The van der Waals surface area contributed by atoms with Crippen LogP contribution in [-0.2, 0) is 16.0 Å². The van der Waals surface area contributed by atoms with Crippen molar-refractivity contribution in [2.24, 2.45) is 5.41 Å². The van der Waals surface area contributed by atoms with Gasteiger partial charge in [-0.05, 0) is 18.4 Å². The lowest BCUT2D eigenvalue weighted by atomic mass is 9.84. The van der Waals surface area contributed by atoms with Gasteiger partial charge < -0.3 is 10.0 Å². The molecule has 1 rings (SSSR count). The highest BCUT2D eigenvalue weighted by atomic mass is 16.4. The van der Waals surface area contributed by atoms with E-state index in [0.717, 1.165) is 12.0 Å². The predicted octanol–water partition coefficient (Wildman–Crippen LogP) is 2.58. The number of carboxylic acids is 1. The van der Waals surface area contributed by atoms with E-state index in [0.29, 0.717) is 13.0 Å². The normalized spacial score (nSPS) is 11.2. The first-order valence-corrected chi connectivity index (χ1v) is 6.92. The van der Waals surface area contributed by atoms with Crippen molar-refractivity contribution in [3.63, 3.8) is 0 Å². The molecule has 0 aliphatic rings. The zero-order valence-corrected chi connectivity index (χ0v) is 12.4. The Bertz CT molecular complexity index is 454. The molecular formula is C16H23NO3. The summed E-state index contributed by atoms with van der Waals surface area (Å²) in [6.07, 6.45) is 1.35. The molecular weight excluding hydrogens is 254 g/mol. The summed E-state index contributed by atoms with van der Waals surface area (Å²) in [4.78, 5) is 24.9. The number of hydrogen-bond acceptors (Lipinski definition) is 2. The van der Waals surface area contributed by atoms with Crippen molar-refractivity contribution in [1.29, 1.82) is 0 Å². The smallest absolute Gasteiger partial charge is 0.323 e. The number of aliphatic carboxylic acids is 1. The van der Waals surface area contributed by atoms with Crippen LogP contribution >= 0.6 is 0 Å². The lowest BCUT2D eigenvalue weighted by Gasteiger charge is -2.31. The summed E-state index contributed by atoms with van der Waals surface area (Å²) in [5.74, 6) is -1.08. The van der Waals surface area contributed by atoms with E-state index in [9.17, 15) is 9.59 Å². The predicted molar refractivity (Wildman–Crippen MR) is 78.4 cm³/mol. The summed E-state index contributed by atoms with van der Waals surface area (Å²) in [5.41, 5.74) is 0.476. The molecule has 0 unspecified atom stereocenters. The molecule has 0 radical (unpaired) electrons. The fourth-order valence-electron chi connectivity index (χ4n) is 2.30. The van der Waals surface area contributed by atoms with Gasteiger partial charge in [-0.1, -0.05) is 51.1 Å². The van der Waals surface area contributed by atoms with Crippen molar-refractivity contribution < 1.29 is 14.7 Å². The zero-order chi connectivity index (χ0) is 15.2. The molecule has 0 saturated carbocycles. The topological polar surface area (TPSA) is 57.6 Å². The Labute approximate surface area is 120 Å². The Kier molecular flexibility index (Phi) is 5.74. The maximum Gasteiger partial charge on any atom is 0.323 e. The van der Waals surface area contributed by atoms with E-state index in [4.69, 9.17) is 5.11 Å². The van der Waals surface area contributed by atoms with E-state index in [-0.39, 0.29) is 12.5 Å². The van der Waals surface area contributed by atoms with Crippen LogP contribution in [0.2, 0.25) is 0 Å². The quantitative estimate of drug-likeness (QED) is 0.833. The molecule has 0 aromatic heterocycles. The molecule has 1 N–H and O–H groups in total. The van der Waals surface area contributed by atoms with Gasteiger partial charge in [-0.3, -0.25) is 9.59 Å². The molecule has 1 aromatic rings. The molecule has 20 heavy (non-hydrogen) atoms. The number of rotatable bonds is 7. The van der Waals surface area contributed by atoms with Crippen LogP contribution in [0.5, 0.6) is 0 Å². The van der Waals surface area contributed by atoms with Crippen LogP contribution in [0.4, 0.5) is 0 Å². The van der Waals surface area contributed by atoms with E-state index in [2.05, 4.69) is 0 Å². The number of amides is 1. The van der Waals surface area contributed by atoms with Crippen molar-refractivity contribution in [2.45, 2.75) is 33.6 Å². The van der Waals surface area contributed by atoms with Crippen LogP contribution in [0.25, 0.3) is 0 Å². The Morgan fingerprint density at radius 2 is 1.80 bits per heavy atom. The second-order valence-corrected chi connectivity index (χ2v) is 5.67. The van der Waals surface area contributed by atoms with Crippen molar-refractivity contribution in [3.8, 4) is 0 Å². The van der Waals surface area contributed by atoms with Crippen LogP contribution in [0.1, 0.15) is 32.8 Å². The van der Waals surface area contributed by atoms with Gasteiger partial charge in [-0.25, -0.2) is 0 Å². The monoisotopic (exact) mass is 277 g/mol. The number of carbonyl (C=O) groups is 2. The number of carboxylic acid groups (broad SMARTS) is 1. The first-order chi connectivity index (χ1) is 9.36. The van der Waals surface area contributed by atoms with Gasteiger partial charge >= 0.3 is 5.97 Å². The Morgan fingerprint density at radius 3 is 2.30 bits per heavy atom. The van der Waals surface area contributed by atoms with E-state index in [1.807, 2.05) is 51.1 Å². The van der Waals surface area contributed by atoms with Gasteiger partial charge in [0.25, 0.3) is 0 Å². The van der Waals surface area contributed by atoms with Crippen LogP contribution in [0, 0.1) is 5.41 Å². The molecule has 0 fully saturated rings. The highest BCUT2D eigenvalue weighted by Gasteiger charge is 2.32. The van der Waals surface area contributed by atoms with Gasteiger partial charge in [0.2, 0.25) is 5.91 Å². The standard InChI is InChI=1S/C16H23NO3/c1-4-10-17(12-14(18)19)15(20)16(2,3)11-13-8-6-5-7-9-13/h5-9H,4,10-12H2,1-3H3,(H,18,19). The Morgan fingerprint density at radius 1 is 1.20 bits per heavy atom. The van der Waals surface area contributed by atoms with Crippen LogP contribution in [0.15, 0.2) is 30.3 Å². The third kappa shape index (κ3) is 4.68. The van der Waals surface area contributed by atoms with Gasteiger partial charge in [0.05, 0.1) is 0 Å². The van der Waals surface area contributed by atoms with Crippen LogP contribution in [0.3, 0.4) is 0 Å². The van der Waals surface area contributed by atoms with Crippen molar-refractivity contribution >= 4 is 11.9 Å². The van der Waals surface area contributed by atoms with Gasteiger partial charge in [0.15, 0.2) is 0 Å². The van der Waals surface area contributed by atoms with E-state index >= 15 is 0 Å². The van der Waals surface area contributed by atoms with Crippen LogP contribution < -0.4 is 0 Å². The van der Waals surface area contributed by atoms with Crippen molar-refractivity contribution in [1.82, 2.24) is 4.90 Å². The summed E-state index contributed by atoms with van der Waals surface area (Å²) in [6.45, 7) is 5.92. The summed E-state index contributed by atoms with van der Waals surface area (Å²) in [5, 5.41) is 8.92. The SMILES string of the molecule is CCCN(CC(=O)O)C(=O)C(C)(C)Cc1ccccc1. The maximum absolute atomic E-state index is 12.6. The summed E-state index contributed by atoms with van der Waals surface area (Å²) >= 11 is 0. The van der Waals surface area contributed by atoms with Gasteiger partial charge in [0.1, 0.15) is 6.54 Å². The Balaban J connectivity index is 2.82. The third-order valence-electron chi connectivity index (χ3n) is 3.17. The molecule has 0 spiro atoms. The van der Waals surface area contributed by atoms with Crippen LogP contribution in [-0.4, -0.2) is 35.0 Å². The summed E-state index contributed by atoms with van der Waals surface area (Å²) in [7, 11) is 0. The fraction of sp³-hybridized carbons (Fsp3) is 0.500. The summed E-state index contributed by atoms with van der Waals surface area (Å²) < 4.78 is 0. The van der Waals surface area contributed by atoms with Gasteiger partial charge in [0, 0.05) is 12.0 Å². The molecule has 0 saturated heterocycles. The minimum atomic E-state index is -0.970. The average Bonchev–Trinajstić information content (AvgIpc) is 2.37. The first-order valence-electron chi connectivity index (χ1n) is 6.92. The van der Waals surface area contributed by atoms with Gasteiger partial charge in [-0.15, -0.1) is 0 Å². The molecule has 0 aliphatic carbocycles. The zero-order valence-electron chi connectivity index (χ0n) is 12.4. The van der Waals surface area contributed by atoms with Crippen molar-refractivity contribution in [3.05, 3.63) is 35.9 Å². The van der Waals surface area contributed by atoms with Gasteiger partial charge in [-0.2, -0.15) is 0 Å². The highest BCUT2D eigenvalue weighted by Crippen LogP contribution is 2.24. The van der Waals surface area contributed by atoms with E-state index < -0.39 is 11.4 Å². The number of benzene rings is 1. The second-order valence-electron chi connectivity index (χ2n) is 5.67. The molecule has 4 nitrogen and oxygen atoms in total. The number of nitrogens with zero attached hydrogens (tertiary/aromatic N) is 1. The van der Waals surface area contributed by atoms with E-state index in [1.165, 1.54) is 4.90 Å². The molecule has 0 heterocycles. The minimum Gasteiger partial charge on any atom is -0.480 e.